The molecule has 0 spiro atoms. The Morgan fingerprint density at radius 2 is 1.96 bits per heavy atom. The lowest BCUT2D eigenvalue weighted by atomic mass is 10.1. The molecule has 1 N–H and O–H groups in total. The van der Waals surface area contributed by atoms with Crippen molar-refractivity contribution in [2.24, 2.45) is 0 Å². The van der Waals surface area contributed by atoms with Crippen LogP contribution in [-0.2, 0) is 0 Å². The molecule has 2 heterocycles. The number of carbonyl (C=O) groups excluding carboxylic acids is 1. The quantitative estimate of drug-likeness (QED) is 0.714. The van der Waals surface area contributed by atoms with Crippen LogP contribution in [0.4, 0.5) is 0 Å². The van der Waals surface area contributed by atoms with Crippen molar-refractivity contribution in [2.45, 2.75) is 26.8 Å². The molecule has 0 radical (unpaired) electrons. The lowest BCUT2D eigenvalue weighted by Crippen LogP contribution is -2.27. The van der Waals surface area contributed by atoms with Gasteiger partial charge in [-0.1, -0.05) is 12.1 Å². The van der Waals surface area contributed by atoms with Gasteiger partial charge >= 0.3 is 0 Å². The second-order valence-corrected chi connectivity index (χ2v) is 6.11. The summed E-state index contributed by atoms with van der Waals surface area (Å²) in [5.74, 6) is 1.20. The standard InChI is InChI=1S/C21H21N3O3/c1-4-26-17-9-7-16(8-10-17)14(2)23-20(25)19-15(3)27-21(18(19)13-22)24-11-5-6-12-24/h5-12,14H,4H2,1-3H3,(H,23,25)/t14-/m0/s1. The average molecular weight is 363 g/mol. The summed E-state index contributed by atoms with van der Waals surface area (Å²) in [7, 11) is 0. The van der Waals surface area contributed by atoms with Gasteiger partial charge in [-0.3, -0.25) is 9.36 Å². The third-order valence-electron chi connectivity index (χ3n) is 4.28. The molecule has 1 aromatic carbocycles. The Labute approximate surface area is 158 Å². The van der Waals surface area contributed by atoms with Gasteiger partial charge in [-0.15, -0.1) is 0 Å². The van der Waals surface area contributed by atoms with Crippen molar-refractivity contribution in [3.05, 3.63) is 71.2 Å². The van der Waals surface area contributed by atoms with Gasteiger partial charge in [0, 0.05) is 12.4 Å². The van der Waals surface area contributed by atoms with Crippen LogP contribution in [-0.4, -0.2) is 17.1 Å². The highest BCUT2D eigenvalue weighted by molar-refractivity contribution is 5.98. The minimum atomic E-state index is -0.340. The van der Waals surface area contributed by atoms with Gasteiger partial charge in [-0.2, -0.15) is 5.26 Å². The molecule has 1 atom stereocenters. The Balaban J connectivity index is 1.83. The number of nitriles is 1. The molecule has 3 aromatic rings. The molecule has 2 aromatic heterocycles. The lowest BCUT2D eigenvalue weighted by molar-refractivity contribution is 0.0938. The van der Waals surface area contributed by atoms with Crippen molar-refractivity contribution in [3.8, 4) is 17.7 Å². The van der Waals surface area contributed by atoms with Crippen molar-refractivity contribution < 1.29 is 13.9 Å². The van der Waals surface area contributed by atoms with E-state index in [1.165, 1.54) is 0 Å². The number of rotatable bonds is 6. The van der Waals surface area contributed by atoms with E-state index in [1.807, 2.05) is 50.2 Å². The highest BCUT2D eigenvalue weighted by Crippen LogP contribution is 2.26. The van der Waals surface area contributed by atoms with Crippen LogP contribution in [0.2, 0.25) is 0 Å². The van der Waals surface area contributed by atoms with Crippen LogP contribution >= 0.6 is 0 Å². The third-order valence-corrected chi connectivity index (χ3v) is 4.28. The predicted octanol–water partition coefficient (Wildman–Crippen LogP) is 4.14. The molecule has 0 saturated heterocycles. The van der Waals surface area contributed by atoms with Crippen molar-refractivity contribution in [2.75, 3.05) is 6.61 Å². The molecule has 1 amide bonds. The van der Waals surface area contributed by atoms with E-state index in [0.29, 0.717) is 18.3 Å². The van der Waals surface area contributed by atoms with Crippen LogP contribution in [0.3, 0.4) is 0 Å². The zero-order valence-electron chi connectivity index (χ0n) is 15.5. The van der Waals surface area contributed by atoms with Gasteiger partial charge < -0.3 is 14.5 Å². The van der Waals surface area contributed by atoms with Gasteiger partial charge in [0.2, 0.25) is 5.88 Å². The summed E-state index contributed by atoms with van der Waals surface area (Å²) in [5, 5.41) is 12.5. The van der Waals surface area contributed by atoms with Crippen molar-refractivity contribution in [1.29, 1.82) is 5.26 Å². The SMILES string of the molecule is CCOc1ccc([C@H](C)NC(=O)c2c(C)oc(-n3cccc3)c2C#N)cc1. The first kappa shape index (κ1) is 18.3. The normalized spacial score (nSPS) is 11.6. The van der Waals surface area contributed by atoms with Crippen molar-refractivity contribution >= 4 is 5.91 Å². The van der Waals surface area contributed by atoms with E-state index in [-0.39, 0.29) is 23.1 Å². The largest absolute Gasteiger partial charge is 0.494 e. The molecular weight excluding hydrogens is 342 g/mol. The number of benzene rings is 1. The van der Waals surface area contributed by atoms with E-state index in [2.05, 4.69) is 11.4 Å². The molecule has 0 aliphatic heterocycles. The molecule has 6 heteroatoms. The smallest absolute Gasteiger partial charge is 0.256 e. The number of nitrogens with zero attached hydrogens (tertiary/aromatic N) is 2. The van der Waals surface area contributed by atoms with Gasteiger partial charge in [0.25, 0.3) is 5.91 Å². The molecule has 6 nitrogen and oxygen atoms in total. The van der Waals surface area contributed by atoms with Crippen LogP contribution < -0.4 is 10.1 Å². The monoisotopic (exact) mass is 363 g/mol. The Hall–Kier alpha value is -3.46. The Morgan fingerprint density at radius 3 is 2.56 bits per heavy atom. The summed E-state index contributed by atoms with van der Waals surface area (Å²) in [4.78, 5) is 12.8. The van der Waals surface area contributed by atoms with E-state index in [9.17, 15) is 10.1 Å². The fourth-order valence-electron chi connectivity index (χ4n) is 2.93. The number of carbonyl (C=O) groups is 1. The summed E-state index contributed by atoms with van der Waals surface area (Å²) in [5.41, 5.74) is 1.43. The molecule has 0 bridgehead atoms. The van der Waals surface area contributed by atoms with E-state index in [4.69, 9.17) is 9.15 Å². The van der Waals surface area contributed by atoms with E-state index >= 15 is 0 Å². The molecule has 138 valence electrons. The second kappa shape index (κ2) is 7.83. The minimum absolute atomic E-state index is 0.222. The highest BCUT2D eigenvalue weighted by atomic mass is 16.5. The van der Waals surface area contributed by atoms with Gasteiger partial charge in [0.1, 0.15) is 28.7 Å². The lowest BCUT2D eigenvalue weighted by Gasteiger charge is -2.15. The first-order valence-corrected chi connectivity index (χ1v) is 8.75. The summed E-state index contributed by atoms with van der Waals surface area (Å²) in [6.45, 7) is 6.11. The van der Waals surface area contributed by atoms with Gasteiger partial charge in [-0.25, -0.2) is 0 Å². The summed E-state index contributed by atoms with van der Waals surface area (Å²) in [6, 6.07) is 13.1. The van der Waals surface area contributed by atoms with Crippen LogP contribution in [0.25, 0.3) is 5.88 Å². The molecule has 0 aliphatic rings. The maximum atomic E-state index is 12.8. The number of aryl methyl sites for hydroxylation is 1. The molecule has 3 rings (SSSR count). The maximum Gasteiger partial charge on any atom is 0.256 e. The van der Waals surface area contributed by atoms with E-state index in [0.717, 1.165) is 11.3 Å². The second-order valence-electron chi connectivity index (χ2n) is 6.11. The zero-order chi connectivity index (χ0) is 19.4. The van der Waals surface area contributed by atoms with Crippen LogP contribution in [0, 0.1) is 18.3 Å². The van der Waals surface area contributed by atoms with Crippen molar-refractivity contribution in [3.63, 3.8) is 0 Å². The third kappa shape index (κ3) is 3.72. The molecule has 27 heavy (non-hydrogen) atoms. The Kier molecular flexibility index (Phi) is 5.32. The van der Waals surface area contributed by atoms with Gasteiger partial charge in [-0.05, 0) is 50.6 Å². The zero-order valence-corrected chi connectivity index (χ0v) is 15.5. The van der Waals surface area contributed by atoms with Crippen LogP contribution in [0.15, 0.2) is 53.2 Å². The van der Waals surface area contributed by atoms with E-state index in [1.54, 1.807) is 23.9 Å². The number of furan rings is 1. The predicted molar refractivity (Wildman–Crippen MR) is 101 cm³/mol. The number of nitrogens with one attached hydrogen (secondary N) is 1. The molecule has 0 fully saturated rings. The minimum Gasteiger partial charge on any atom is -0.494 e. The topological polar surface area (TPSA) is 80.2 Å². The van der Waals surface area contributed by atoms with Crippen LogP contribution in [0.1, 0.15) is 47.1 Å². The van der Waals surface area contributed by atoms with Crippen LogP contribution in [0.5, 0.6) is 5.75 Å². The summed E-state index contributed by atoms with van der Waals surface area (Å²) >= 11 is 0. The van der Waals surface area contributed by atoms with Gasteiger partial charge in [0.15, 0.2) is 0 Å². The highest BCUT2D eigenvalue weighted by Gasteiger charge is 2.25. The number of hydrogen-bond donors (Lipinski definition) is 1. The summed E-state index contributed by atoms with van der Waals surface area (Å²) < 4.78 is 12.8. The molecular formula is C21H21N3O3. The Bertz CT molecular complexity index is 964. The first-order valence-electron chi connectivity index (χ1n) is 8.75. The molecule has 0 saturated carbocycles. The van der Waals surface area contributed by atoms with Gasteiger partial charge in [0.05, 0.1) is 12.6 Å². The summed E-state index contributed by atoms with van der Waals surface area (Å²) in [6.07, 6.45) is 3.53. The molecule has 0 aliphatic carbocycles. The number of aromatic nitrogens is 1. The fourth-order valence-corrected chi connectivity index (χ4v) is 2.93. The average Bonchev–Trinajstić information content (AvgIpc) is 3.29. The Morgan fingerprint density at radius 1 is 1.30 bits per heavy atom. The fraction of sp³-hybridized carbons (Fsp3) is 0.238. The maximum absolute atomic E-state index is 12.8. The number of amides is 1. The van der Waals surface area contributed by atoms with E-state index < -0.39 is 0 Å². The first-order chi connectivity index (χ1) is 13.0. The molecule has 0 unspecified atom stereocenters. The number of ether oxygens (including phenoxy) is 1. The number of hydrogen-bond acceptors (Lipinski definition) is 4. The van der Waals surface area contributed by atoms with Crippen molar-refractivity contribution in [1.82, 2.24) is 9.88 Å².